The molecule has 0 bridgehead atoms. The Bertz CT molecular complexity index is 1100. The van der Waals surface area contributed by atoms with Gasteiger partial charge < -0.3 is 18.3 Å². The first kappa shape index (κ1) is 14.4. The number of benzene rings is 2. The third-order valence-corrected chi connectivity index (χ3v) is 3.98. The maximum Gasteiger partial charge on any atom is 0.235 e. The van der Waals surface area contributed by atoms with Crippen LogP contribution in [-0.4, -0.2) is 14.2 Å². The van der Waals surface area contributed by atoms with Crippen molar-refractivity contribution < 1.29 is 18.3 Å². The molecular formula is C19H14O5. The van der Waals surface area contributed by atoms with Gasteiger partial charge >= 0.3 is 0 Å². The third-order valence-electron chi connectivity index (χ3n) is 3.98. The zero-order valence-electron chi connectivity index (χ0n) is 13.2. The maximum absolute atomic E-state index is 12.8. The quantitative estimate of drug-likeness (QED) is 0.565. The van der Waals surface area contributed by atoms with Gasteiger partial charge in [0.2, 0.25) is 11.2 Å². The maximum atomic E-state index is 12.8. The molecule has 2 aromatic carbocycles. The Morgan fingerprint density at radius 1 is 0.958 bits per heavy atom. The largest absolute Gasteiger partial charge is 0.497 e. The Morgan fingerprint density at radius 2 is 1.83 bits per heavy atom. The van der Waals surface area contributed by atoms with Gasteiger partial charge in [-0.25, -0.2) is 0 Å². The minimum absolute atomic E-state index is 0.165. The minimum atomic E-state index is -0.223. The van der Waals surface area contributed by atoms with Crippen LogP contribution in [0.2, 0.25) is 0 Å². The molecule has 5 heteroatoms. The average molecular weight is 322 g/mol. The summed E-state index contributed by atoms with van der Waals surface area (Å²) in [5, 5.41) is 1.20. The highest BCUT2D eigenvalue weighted by Crippen LogP contribution is 2.35. The molecule has 24 heavy (non-hydrogen) atoms. The number of rotatable bonds is 3. The molecular weight excluding hydrogens is 308 g/mol. The van der Waals surface area contributed by atoms with Crippen LogP contribution < -0.4 is 14.9 Å². The van der Waals surface area contributed by atoms with E-state index in [2.05, 4.69) is 0 Å². The summed E-state index contributed by atoms with van der Waals surface area (Å²) in [7, 11) is 3.04. The lowest BCUT2D eigenvalue weighted by molar-refractivity contribution is 0.398. The first-order valence-electron chi connectivity index (χ1n) is 7.38. The Balaban J connectivity index is 2.11. The number of hydrogen-bond acceptors (Lipinski definition) is 5. The lowest BCUT2D eigenvalue weighted by atomic mass is 10.1. The van der Waals surface area contributed by atoms with Crippen LogP contribution >= 0.6 is 0 Å². The fraction of sp³-hybridized carbons (Fsp3) is 0.105. The number of furan rings is 1. The van der Waals surface area contributed by atoms with Crippen molar-refractivity contribution >= 4 is 21.9 Å². The van der Waals surface area contributed by atoms with Crippen molar-refractivity contribution in [2.24, 2.45) is 0 Å². The second-order valence-electron chi connectivity index (χ2n) is 5.30. The summed E-state index contributed by atoms with van der Waals surface area (Å²) in [5.74, 6) is 1.19. The molecule has 0 unspecified atom stereocenters. The van der Waals surface area contributed by atoms with E-state index in [1.807, 2.05) is 18.2 Å². The van der Waals surface area contributed by atoms with Crippen molar-refractivity contribution in [3.8, 4) is 22.8 Å². The molecule has 0 fully saturated rings. The molecule has 2 aromatic heterocycles. The molecule has 0 N–H and O–H groups in total. The molecule has 0 atom stereocenters. The summed E-state index contributed by atoms with van der Waals surface area (Å²) in [6.45, 7) is 0. The van der Waals surface area contributed by atoms with Gasteiger partial charge in [0.1, 0.15) is 16.9 Å². The predicted molar refractivity (Wildman–Crippen MR) is 90.8 cm³/mol. The van der Waals surface area contributed by atoms with E-state index in [0.717, 1.165) is 5.39 Å². The molecule has 0 saturated heterocycles. The van der Waals surface area contributed by atoms with Crippen LogP contribution in [0.15, 0.2) is 62.4 Å². The van der Waals surface area contributed by atoms with E-state index >= 15 is 0 Å². The molecule has 0 aliphatic rings. The SMILES string of the molecule is COc1cccc(-c2oc3c(ccc4occc43)c(=O)c2OC)c1. The lowest BCUT2D eigenvalue weighted by Crippen LogP contribution is -2.07. The molecule has 0 aliphatic heterocycles. The van der Waals surface area contributed by atoms with Gasteiger partial charge in [-0.3, -0.25) is 4.79 Å². The van der Waals surface area contributed by atoms with Crippen LogP contribution in [0.4, 0.5) is 0 Å². The first-order chi connectivity index (χ1) is 11.7. The average Bonchev–Trinajstić information content (AvgIpc) is 3.10. The summed E-state index contributed by atoms with van der Waals surface area (Å²) in [4.78, 5) is 12.8. The summed E-state index contributed by atoms with van der Waals surface area (Å²) < 4.78 is 22.1. The minimum Gasteiger partial charge on any atom is -0.497 e. The molecule has 4 rings (SSSR count). The van der Waals surface area contributed by atoms with Crippen LogP contribution in [0.25, 0.3) is 33.3 Å². The highest BCUT2D eigenvalue weighted by atomic mass is 16.5. The van der Waals surface area contributed by atoms with E-state index in [0.29, 0.717) is 33.6 Å². The fourth-order valence-corrected chi connectivity index (χ4v) is 2.82. The van der Waals surface area contributed by atoms with Crippen molar-refractivity contribution in [1.82, 2.24) is 0 Å². The van der Waals surface area contributed by atoms with Crippen molar-refractivity contribution in [3.05, 3.63) is 59.0 Å². The van der Waals surface area contributed by atoms with Gasteiger partial charge in [-0.2, -0.15) is 0 Å². The monoisotopic (exact) mass is 322 g/mol. The van der Waals surface area contributed by atoms with Crippen molar-refractivity contribution in [1.29, 1.82) is 0 Å². The molecule has 0 amide bonds. The highest BCUT2D eigenvalue weighted by Gasteiger charge is 2.19. The lowest BCUT2D eigenvalue weighted by Gasteiger charge is -2.10. The molecule has 0 saturated carbocycles. The van der Waals surface area contributed by atoms with E-state index in [1.54, 1.807) is 37.6 Å². The summed E-state index contributed by atoms with van der Waals surface area (Å²) >= 11 is 0. The van der Waals surface area contributed by atoms with Gasteiger partial charge in [0, 0.05) is 5.56 Å². The van der Waals surface area contributed by atoms with E-state index in [-0.39, 0.29) is 11.2 Å². The Hall–Kier alpha value is -3.21. The molecule has 5 nitrogen and oxygen atoms in total. The first-order valence-corrected chi connectivity index (χ1v) is 7.38. The smallest absolute Gasteiger partial charge is 0.235 e. The van der Waals surface area contributed by atoms with Gasteiger partial charge in [-0.05, 0) is 30.3 Å². The van der Waals surface area contributed by atoms with Crippen LogP contribution in [0.1, 0.15) is 0 Å². The summed E-state index contributed by atoms with van der Waals surface area (Å²) in [5.41, 5.74) is 1.61. The van der Waals surface area contributed by atoms with Crippen LogP contribution in [-0.2, 0) is 0 Å². The second kappa shape index (κ2) is 5.45. The Labute approximate surface area is 137 Å². The number of fused-ring (bicyclic) bond motifs is 3. The number of hydrogen-bond donors (Lipinski definition) is 0. The van der Waals surface area contributed by atoms with Gasteiger partial charge in [-0.1, -0.05) is 12.1 Å². The molecule has 0 radical (unpaired) electrons. The molecule has 4 aromatic rings. The summed E-state index contributed by atoms with van der Waals surface area (Å²) in [6, 6.07) is 12.5. The highest BCUT2D eigenvalue weighted by molar-refractivity contribution is 6.02. The zero-order valence-corrected chi connectivity index (χ0v) is 13.2. The van der Waals surface area contributed by atoms with E-state index in [9.17, 15) is 4.79 Å². The Kier molecular flexibility index (Phi) is 3.27. The zero-order chi connectivity index (χ0) is 16.7. The molecule has 120 valence electrons. The van der Waals surface area contributed by atoms with Gasteiger partial charge in [0.05, 0.1) is 31.3 Å². The Morgan fingerprint density at radius 3 is 2.62 bits per heavy atom. The second-order valence-corrected chi connectivity index (χ2v) is 5.30. The van der Waals surface area contributed by atoms with Crippen LogP contribution in [0.3, 0.4) is 0 Å². The fourth-order valence-electron chi connectivity index (χ4n) is 2.82. The number of methoxy groups -OCH3 is 2. The molecule has 0 spiro atoms. The summed E-state index contributed by atoms with van der Waals surface area (Å²) in [6.07, 6.45) is 1.57. The van der Waals surface area contributed by atoms with Gasteiger partial charge in [-0.15, -0.1) is 0 Å². The van der Waals surface area contributed by atoms with Gasteiger partial charge in [0.15, 0.2) is 5.76 Å². The third kappa shape index (κ3) is 2.06. The van der Waals surface area contributed by atoms with Crippen molar-refractivity contribution in [2.75, 3.05) is 14.2 Å². The van der Waals surface area contributed by atoms with Crippen LogP contribution in [0.5, 0.6) is 11.5 Å². The predicted octanol–water partition coefficient (Wildman–Crippen LogP) is 4.22. The van der Waals surface area contributed by atoms with Gasteiger partial charge in [0.25, 0.3) is 0 Å². The molecule has 0 aliphatic carbocycles. The van der Waals surface area contributed by atoms with E-state index < -0.39 is 0 Å². The number of ether oxygens (including phenoxy) is 2. The topological polar surface area (TPSA) is 61.8 Å². The van der Waals surface area contributed by atoms with E-state index in [4.69, 9.17) is 18.3 Å². The standard InChI is InChI=1S/C19H14O5/c1-21-12-5-3-4-11(10-12)17-19(22-2)16(20)14-6-7-15-13(8-9-23-15)18(14)24-17/h3-10H,1-2H3. The normalized spacial score (nSPS) is 11.1. The van der Waals surface area contributed by atoms with E-state index in [1.165, 1.54) is 7.11 Å². The van der Waals surface area contributed by atoms with Crippen molar-refractivity contribution in [3.63, 3.8) is 0 Å². The van der Waals surface area contributed by atoms with Crippen molar-refractivity contribution in [2.45, 2.75) is 0 Å². The molecule has 2 heterocycles. The van der Waals surface area contributed by atoms with Crippen LogP contribution in [0, 0.1) is 0 Å².